The van der Waals surface area contributed by atoms with Gasteiger partial charge in [-0.15, -0.1) is 0 Å². The SMILES string of the molecule is CCc1cc(NC(=O)Nc2ccccc2OC)n[nH]1. The quantitative estimate of drug-likeness (QED) is 0.790. The average molecular weight is 260 g/mol. The van der Waals surface area contributed by atoms with Gasteiger partial charge >= 0.3 is 6.03 Å². The highest BCUT2D eigenvalue weighted by molar-refractivity contribution is 6.00. The van der Waals surface area contributed by atoms with E-state index in [4.69, 9.17) is 4.74 Å². The number of para-hydroxylation sites is 2. The Kier molecular flexibility index (Phi) is 4.02. The van der Waals surface area contributed by atoms with Gasteiger partial charge in [-0.3, -0.25) is 10.4 Å². The van der Waals surface area contributed by atoms with Crippen molar-refractivity contribution in [2.45, 2.75) is 13.3 Å². The van der Waals surface area contributed by atoms with Crippen LogP contribution in [0.1, 0.15) is 12.6 Å². The zero-order valence-corrected chi connectivity index (χ0v) is 10.9. The Morgan fingerprint density at radius 1 is 1.37 bits per heavy atom. The minimum absolute atomic E-state index is 0.362. The molecule has 19 heavy (non-hydrogen) atoms. The first-order valence-corrected chi connectivity index (χ1v) is 5.98. The van der Waals surface area contributed by atoms with Gasteiger partial charge in [0, 0.05) is 11.8 Å². The fraction of sp³-hybridized carbons (Fsp3) is 0.231. The molecule has 2 rings (SSSR count). The van der Waals surface area contributed by atoms with Crippen molar-refractivity contribution in [3.05, 3.63) is 36.0 Å². The lowest BCUT2D eigenvalue weighted by molar-refractivity contribution is 0.262. The largest absolute Gasteiger partial charge is 0.495 e. The number of aromatic nitrogens is 2. The normalized spacial score (nSPS) is 10.0. The molecular formula is C13H16N4O2. The number of carbonyl (C=O) groups is 1. The van der Waals surface area contributed by atoms with Gasteiger partial charge in [-0.1, -0.05) is 19.1 Å². The van der Waals surface area contributed by atoms with Crippen LogP contribution in [-0.4, -0.2) is 23.3 Å². The molecule has 2 aromatic rings. The smallest absolute Gasteiger partial charge is 0.325 e. The van der Waals surface area contributed by atoms with E-state index in [0.29, 0.717) is 17.3 Å². The Hall–Kier alpha value is -2.50. The van der Waals surface area contributed by atoms with Crippen molar-refractivity contribution in [2.75, 3.05) is 17.7 Å². The first-order chi connectivity index (χ1) is 9.22. The van der Waals surface area contributed by atoms with Gasteiger partial charge in [0.1, 0.15) is 5.75 Å². The molecule has 3 N–H and O–H groups in total. The maximum Gasteiger partial charge on any atom is 0.325 e. The molecule has 100 valence electrons. The molecule has 1 aromatic heterocycles. The number of urea groups is 1. The number of ether oxygens (including phenoxy) is 1. The van der Waals surface area contributed by atoms with E-state index in [2.05, 4.69) is 20.8 Å². The van der Waals surface area contributed by atoms with Gasteiger partial charge in [-0.05, 0) is 18.6 Å². The summed E-state index contributed by atoms with van der Waals surface area (Å²) in [6.07, 6.45) is 0.836. The van der Waals surface area contributed by atoms with Crippen LogP contribution in [0.5, 0.6) is 5.75 Å². The van der Waals surface area contributed by atoms with Crippen molar-refractivity contribution in [3.63, 3.8) is 0 Å². The Morgan fingerprint density at radius 3 is 2.84 bits per heavy atom. The second-order valence-corrected chi connectivity index (χ2v) is 3.91. The number of aryl methyl sites for hydroxylation is 1. The molecule has 0 atom stereocenters. The summed E-state index contributed by atoms with van der Waals surface area (Å²) >= 11 is 0. The lowest BCUT2D eigenvalue weighted by Crippen LogP contribution is -2.20. The van der Waals surface area contributed by atoms with Crippen molar-refractivity contribution < 1.29 is 9.53 Å². The standard InChI is InChI=1S/C13H16N4O2/c1-3-9-8-12(17-16-9)15-13(18)14-10-6-4-5-7-11(10)19-2/h4-8H,3H2,1-2H3,(H3,14,15,16,17,18). The Bertz CT molecular complexity index is 565. The second-order valence-electron chi connectivity index (χ2n) is 3.91. The molecule has 0 bridgehead atoms. The van der Waals surface area contributed by atoms with Crippen LogP contribution in [0, 0.1) is 0 Å². The van der Waals surface area contributed by atoms with E-state index in [1.165, 1.54) is 0 Å². The van der Waals surface area contributed by atoms with Gasteiger partial charge in [0.15, 0.2) is 5.82 Å². The van der Waals surface area contributed by atoms with Gasteiger partial charge < -0.3 is 10.1 Å². The van der Waals surface area contributed by atoms with Crippen LogP contribution in [0.3, 0.4) is 0 Å². The number of amides is 2. The molecule has 2 amide bonds. The van der Waals surface area contributed by atoms with Crippen molar-refractivity contribution >= 4 is 17.5 Å². The lowest BCUT2D eigenvalue weighted by atomic mass is 10.3. The van der Waals surface area contributed by atoms with Crippen LogP contribution in [0.15, 0.2) is 30.3 Å². The summed E-state index contributed by atoms with van der Waals surface area (Å²) in [5.41, 5.74) is 1.57. The Labute approximate surface area is 111 Å². The zero-order valence-electron chi connectivity index (χ0n) is 10.9. The van der Waals surface area contributed by atoms with E-state index >= 15 is 0 Å². The monoisotopic (exact) mass is 260 g/mol. The van der Waals surface area contributed by atoms with E-state index in [-0.39, 0.29) is 6.03 Å². The molecule has 0 radical (unpaired) electrons. The molecule has 0 aliphatic carbocycles. The maximum atomic E-state index is 11.8. The summed E-state index contributed by atoms with van der Waals surface area (Å²) in [4.78, 5) is 11.8. The van der Waals surface area contributed by atoms with Crippen LogP contribution in [0.4, 0.5) is 16.3 Å². The number of rotatable bonds is 4. The fourth-order valence-corrected chi connectivity index (χ4v) is 1.62. The van der Waals surface area contributed by atoms with E-state index in [1.54, 1.807) is 25.3 Å². The van der Waals surface area contributed by atoms with Gasteiger partial charge in [-0.25, -0.2) is 4.79 Å². The third kappa shape index (κ3) is 3.25. The number of hydrogen-bond donors (Lipinski definition) is 3. The van der Waals surface area contributed by atoms with Crippen LogP contribution >= 0.6 is 0 Å². The highest BCUT2D eigenvalue weighted by atomic mass is 16.5. The predicted molar refractivity (Wildman–Crippen MR) is 73.6 cm³/mol. The first-order valence-electron chi connectivity index (χ1n) is 5.98. The molecule has 1 aromatic carbocycles. The molecule has 0 aliphatic heterocycles. The van der Waals surface area contributed by atoms with Crippen LogP contribution in [0.2, 0.25) is 0 Å². The summed E-state index contributed by atoms with van der Waals surface area (Å²) in [5.74, 6) is 1.10. The molecule has 1 heterocycles. The number of hydrogen-bond acceptors (Lipinski definition) is 3. The Morgan fingerprint density at radius 2 is 2.16 bits per heavy atom. The average Bonchev–Trinajstić information content (AvgIpc) is 2.87. The summed E-state index contributed by atoms with van der Waals surface area (Å²) in [5, 5.41) is 12.2. The second kappa shape index (κ2) is 5.90. The first kappa shape index (κ1) is 12.9. The number of methoxy groups -OCH3 is 1. The van der Waals surface area contributed by atoms with E-state index < -0.39 is 0 Å². The fourth-order valence-electron chi connectivity index (χ4n) is 1.62. The number of carbonyl (C=O) groups excluding carboxylic acids is 1. The molecule has 6 nitrogen and oxygen atoms in total. The maximum absolute atomic E-state index is 11.8. The van der Waals surface area contributed by atoms with Crippen LogP contribution in [-0.2, 0) is 6.42 Å². The van der Waals surface area contributed by atoms with Crippen molar-refractivity contribution in [2.24, 2.45) is 0 Å². The number of nitrogens with one attached hydrogen (secondary N) is 3. The molecular weight excluding hydrogens is 244 g/mol. The number of H-pyrrole nitrogens is 1. The van der Waals surface area contributed by atoms with Crippen LogP contribution < -0.4 is 15.4 Å². The van der Waals surface area contributed by atoms with Crippen LogP contribution in [0.25, 0.3) is 0 Å². The summed E-state index contributed by atoms with van der Waals surface area (Å²) in [7, 11) is 1.56. The topological polar surface area (TPSA) is 79.0 Å². The van der Waals surface area contributed by atoms with Gasteiger partial charge in [0.05, 0.1) is 12.8 Å². The van der Waals surface area contributed by atoms with Crippen molar-refractivity contribution in [1.29, 1.82) is 0 Å². The number of benzene rings is 1. The Balaban J connectivity index is 2.01. The molecule has 0 fully saturated rings. The number of aromatic amines is 1. The molecule has 0 unspecified atom stereocenters. The molecule has 0 aliphatic rings. The summed E-state index contributed by atoms with van der Waals surface area (Å²) in [6.45, 7) is 2.01. The predicted octanol–water partition coefficient (Wildman–Crippen LogP) is 2.62. The minimum Gasteiger partial charge on any atom is -0.495 e. The molecule has 0 spiro atoms. The highest BCUT2D eigenvalue weighted by Gasteiger charge is 2.08. The van der Waals surface area contributed by atoms with E-state index in [0.717, 1.165) is 12.1 Å². The lowest BCUT2D eigenvalue weighted by Gasteiger charge is -2.09. The number of nitrogens with zero attached hydrogens (tertiary/aromatic N) is 1. The van der Waals surface area contributed by atoms with Crippen molar-refractivity contribution in [1.82, 2.24) is 10.2 Å². The van der Waals surface area contributed by atoms with Gasteiger partial charge in [0.2, 0.25) is 0 Å². The molecule has 0 saturated heterocycles. The third-order valence-electron chi connectivity index (χ3n) is 2.61. The minimum atomic E-state index is -0.362. The van der Waals surface area contributed by atoms with Gasteiger partial charge in [0.25, 0.3) is 0 Å². The highest BCUT2D eigenvalue weighted by Crippen LogP contribution is 2.23. The van der Waals surface area contributed by atoms with Gasteiger partial charge in [-0.2, -0.15) is 5.10 Å². The summed E-state index contributed by atoms with van der Waals surface area (Å²) < 4.78 is 5.15. The molecule has 6 heteroatoms. The number of anilines is 2. The van der Waals surface area contributed by atoms with E-state index in [1.807, 2.05) is 19.1 Å². The summed E-state index contributed by atoms with van der Waals surface area (Å²) in [6, 6.07) is 8.63. The van der Waals surface area contributed by atoms with Crippen molar-refractivity contribution in [3.8, 4) is 5.75 Å². The third-order valence-corrected chi connectivity index (χ3v) is 2.61. The van der Waals surface area contributed by atoms with E-state index in [9.17, 15) is 4.79 Å². The zero-order chi connectivity index (χ0) is 13.7. The molecule has 0 saturated carbocycles.